The van der Waals surface area contributed by atoms with Gasteiger partial charge in [-0.1, -0.05) is 12.1 Å². The Morgan fingerprint density at radius 1 is 1.03 bits per heavy atom. The van der Waals surface area contributed by atoms with E-state index in [-0.39, 0.29) is 28.9 Å². The van der Waals surface area contributed by atoms with Gasteiger partial charge in [-0.25, -0.2) is 4.79 Å². The van der Waals surface area contributed by atoms with Crippen LogP contribution in [0.4, 0.5) is 0 Å². The second kappa shape index (κ2) is 9.28. The molecular weight excluding hydrogens is 404 g/mol. The molecule has 1 aromatic rings. The molecule has 3 amide bonds. The summed E-state index contributed by atoms with van der Waals surface area (Å²) >= 11 is 0. The molecule has 1 saturated heterocycles. The lowest BCUT2D eigenvalue weighted by Crippen LogP contribution is -2.48. The lowest BCUT2D eigenvalue weighted by Gasteiger charge is -2.32. The van der Waals surface area contributed by atoms with Gasteiger partial charge in [-0.3, -0.25) is 24.1 Å². The minimum atomic E-state index is -1.17. The summed E-state index contributed by atoms with van der Waals surface area (Å²) < 4.78 is 10.3. The van der Waals surface area contributed by atoms with E-state index in [1.165, 1.54) is 26.0 Å². The molecular formula is C22H26N2O7. The predicted molar refractivity (Wildman–Crippen MR) is 108 cm³/mol. The van der Waals surface area contributed by atoms with E-state index in [9.17, 15) is 24.0 Å². The third-order valence-corrected chi connectivity index (χ3v) is 5.62. The number of nitrogens with zero attached hydrogens (tertiary/aromatic N) is 2. The van der Waals surface area contributed by atoms with Gasteiger partial charge >= 0.3 is 11.9 Å². The number of amides is 3. The average Bonchev–Trinajstić information content (AvgIpc) is 3.03. The molecule has 0 bridgehead atoms. The SMILES string of the molecule is CCOC(=O)C1CCN(C(=O)[C@H](C)OC(=O)[C@@H](C)N2C(=O)c3ccccc3C2=O)CC1. The van der Waals surface area contributed by atoms with Gasteiger partial charge in [0.1, 0.15) is 6.04 Å². The van der Waals surface area contributed by atoms with Crippen molar-refractivity contribution in [2.75, 3.05) is 19.7 Å². The lowest BCUT2D eigenvalue weighted by molar-refractivity contribution is -0.163. The number of rotatable bonds is 6. The van der Waals surface area contributed by atoms with Crippen LogP contribution in [0.25, 0.3) is 0 Å². The van der Waals surface area contributed by atoms with Crippen molar-refractivity contribution in [3.63, 3.8) is 0 Å². The third-order valence-electron chi connectivity index (χ3n) is 5.62. The van der Waals surface area contributed by atoms with Gasteiger partial charge in [-0.2, -0.15) is 0 Å². The molecule has 166 valence electrons. The van der Waals surface area contributed by atoms with Crippen molar-refractivity contribution in [3.05, 3.63) is 35.4 Å². The van der Waals surface area contributed by atoms with Crippen molar-refractivity contribution in [2.45, 2.75) is 45.8 Å². The summed E-state index contributed by atoms with van der Waals surface area (Å²) in [6.45, 7) is 5.63. The highest BCUT2D eigenvalue weighted by atomic mass is 16.6. The van der Waals surface area contributed by atoms with Crippen LogP contribution in [0.15, 0.2) is 24.3 Å². The van der Waals surface area contributed by atoms with Gasteiger partial charge < -0.3 is 14.4 Å². The molecule has 9 nitrogen and oxygen atoms in total. The molecule has 2 aliphatic heterocycles. The number of likely N-dealkylation sites (tertiary alicyclic amines) is 1. The zero-order chi connectivity index (χ0) is 22.7. The van der Waals surface area contributed by atoms with E-state index in [1.54, 1.807) is 24.0 Å². The molecule has 2 atom stereocenters. The Kier molecular flexibility index (Phi) is 6.72. The molecule has 31 heavy (non-hydrogen) atoms. The van der Waals surface area contributed by atoms with Gasteiger partial charge in [-0.05, 0) is 45.7 Å². The van der Waals surface area contributed by atoms with E-state index >= 15 is 0 Å². The predicted octanol–water partition coefficient (Wildman–Crippen LogP) is 1.40. The van der Waals surface area contributed by atoms with E-state index in [4.69, 9.17) is 9.47 Å². The number of piperidine rings is 1. The number of carbonyl (C=O) groups excluding carboxylic acids is 5. The van der Waals surface area contributed by atoms with Crippen molar-refractivity contribution in [1.82, 2.24) is 9.80 Å². The second-order valence-corrected chi connectivity index (χ2v) is 7.63. The smallest absolute Gasteiger partial charge is 0.329 e. The van der Waals surface area contributed by atoms with Gasteiger partial charge in [-0.15, -0.1) is 0 Å². The van der Waals surface area contributed by atoms with Crippen molar-refractivity contribution in [3.8, 4) is 0 Å². The number of hydrogen-bond donors (Lipinski definition) is 0. The number of imide groups is 1. The molecule has 1 aromatic carbocycles. The lowest BCUT2D eigenvalue weighted by atomic mass is 9.97. The van der Waals surface area contributed by atoms with Crippen molar-refractivity contribution < 1.29 is 33.4 Å². The summed E-state index contributed by atoms with van der Waals surface area (Å²) in [6, 6.07) is 5.17. The summed E-state index contributed by atoms with van der Waals surface area (Å²) in [5, 5.41) is 0. The topological polar surface area (TPSA) is 110 Å². The fourth-order valence-electron chi connectivity index (χ4n) is 3.84. The Morgan fingerprint density at radius 2 is 1.58 bits per heavy atom. The highest BCUT2D eigenvalue weighted by Gasteiger charge is 2.42. The molecule has 0 spiro atoms. The largest absolute Gasteiger partial charge is 0.466 e. The molecule has 2 aliphatic rings. The Balaban J connectivity index is 1.56. The van der Waals surface area contributed by atoms with Gasteiger partial charge in [0.25, 0.3) is 17.7 Å². The summed E-state index contributed by atoms with van der Waals surface area (Å²) in [5.41, 5.74) is 0.474. The van der Waals surface area contributed by atoms with Crippen LogP contribution in [-0.4, -0.2) is 71.3 Å². The number of carbonyl (C=O) groups is 5. The maximum absolute atomic E-state index is 12.7. The first-order chi connectivity index (χ1) is 14.8. The highest BCUT2D eigenvalue weighted by molar-refractivity contribution is 6.22. The Bertz CT molecular complexity index is 870. The van der Waals surface area contributed by atoms with Crippen LogP contribution in [0.3, 0.4) is 0 Å². The van der Waals surface area contributed by atoms with Crippen molar-refractivity contribution in [2.24, 2.45) is 5.92 Å². The monoisotopic (exact) mass is 430 g/mol. The standard InChI is InChI=1S/C22H26N2O7/c1-4-30-22(29)15-9-11-23(12-10-15)18(25)14(3)31-21(28)13(2)24-19(26)16-7-5-6-8-17(16)20(24)27/h5-8,13-15H,4,9-12H2,1-3H3/t13-,14+/m1/s1. The number of benzene rings is 1. The molecule has 2 heterocycles. The maximum atomic E-state index is 12.7. The molecule has 0 N–H and O–H groups in total. The Morgan fingerprint density at radius 3 is 2.10 bits per heavy atom. The maximum Gasteiger partial charge on any atom is 0.329 e. The van der Waals surface area contributed by atoms with Crippen molar-refractivity contribution >= 4 is 29.7 Å². The molecule has 0 saturated carbocycles. The average molecular weight is 430 g/mol. The molecule has 0 aliphatic carbocycles. The zero-order valence-electron chi connectivity index (χ0n) is 17.8. The molecule has 9 heteroatoms. The van der Waals surface area contributed by atoms with Gasteiger partial charge in [0, 0.05) is 13.1 Å². The quantitative estimate of drug-likeness (QED) is 0.496. The third kappa shape index (κ3) is 4.45. The zero-order valence-corrected chi connectivity index (χ0v) is 17.8. The van der Waals surface area contributed by atoms with Crippen LogP contribution in [0.5, 0.6) is 0 Å². The first kappa shape index (κ1) is 22.5. The molecule has 0 aromatic heterocycles. The van der Waals surface area contributed by atoms with Gasteiger partial charge in [0.2, 0.25) is 0 Å². The highest BCUT2D eigenvalue weighted by Crippen LogP contribution is 2.25. The number of ether oxygens (including phenoxy) is 2. The van der Waals surface area contributed by atoms with Crippen LogP contribution < -0.4 is 0 Å². The van der Waals surface area contributed by atoms with E-state index in [1.807, 2.05) is 0 Å². The van der Waals surface area contributed by atoms with Crippen LogP contribution in [0.2, 0.25) is 0 Å². The summed E-state index contributed by atoms with van der Waals surface area (Å²) in [7, 11) is 0. The van der Waals surface area contributed by atoms with E-state index in [0.717, 1.165) is 4.90 Å². The van der Waals surface area contributed by atoms with Gasteiger partial charge in [0.15, 0.2) is 6.10 Å². The van der Waals surface area contributed by atoms with Crippen LogP contribution >= 0.6 is 0 Å². The minimum absolute atomic E-state index is 0.237. The van der Waals surface area contributed by atoms with Crippen LogP contribution in [0.1, 0.15) is 54.3 Å². The number of hydrogen-bond acceptors (Lipinski definition) is 7. The Hall–Kier alpha value is -3.23. The van der Waals surface area contributed by atoms with Crippen LogP contribution in [-0.2, 0) is 23.9 Å². The van der Waals surface area contributed by atoms with Crippen LogP contribution in [0, 0.1) is 5.92 Å². The first-order valence-corrected chi connectivity index (χ1v) is 10.4. The van der Waals surface area contributed by atoms with Gasteiger partial charge in [0.05, 0.1) is 23.7 Å². The van der Waals surface area contributed by atoms with E-state index in [0.29, 0.717) is 32.5 Å². The number of fused-ring (bicyclic) bond motifs is 1. The summed E-state index contributed by atoms with van der Waals surface area (Å²) in [6.07, 6.45) is -0.114. The fraction of sp³-hybridized carbons (Fsp3) is 0.500. The molecule has 3 rings (SSSR count). The second-order valence-electron chi connectivity index (χ2n) is 7.63. The fourth-order valence-corrected chi connectivity index (χ4v) is 3.84. The van der Waals surface area contributed by atoms with E-state index in [2.05, 4.69) is 0 Å². The first-order valence-electron chi connectivity index (χ1n) is 10.4. The molecule has 0 unspecified atom stereocenters. The molecule has 1 fully saturated rings. The normalized spacial score (nSPS) is 18.4. The molecule has 0 radical (unpaired) electrons. The van der Waals surface area contributed by atoms with Crippen molar-refractivity contribution in [1.29, 1.82) is 0 Å². The number of esters is 2. The summed E-state index contributed by atoms with van der Waals surface area (Å²) in [5.74, 6) is -2.85. The minimum Gasteiger partial charge on any atom is -0.466 e. The summed E-state index contributed by atoms with van der Waals surface area (Å²) in [4.78, 5) is 64.6. The Labute approximate surface area is 180 Å². The van der Waals surface area contributed by atoms with E-state index < -0.39 is 29.9 Å².